The lowest BCUT2D eigenvalue weighted by Gasteiger charge is -2.36. The molecule has 2 aromatic rings. The number of nitrogens with two attached hydrogens (primary N) is 1. The van der Waals surface area contributed by atoms with Gasteiger partial charge in [0.2, 0.25) is 10.0 Å². The predicted molar refractivity (Wildman–Crippen MR) is 133 cm³/mol. The molecule has 5 nitrogen and oxygen atoms in total. The number of rotatable bonds is 8. The third-order valence-electron chi connectivity index (χ3n) is 6.17. The van der Waals surface area contributed by atoms with Gasteiger partial charge in [0.1, 0.15) is 10.9 Å². The Kier molecular flexibility index (Phi) is 7.09. The Morgan fingerprint density at radius 3 is 2.88 bits per heavy atom. The number of anilines is 1. The summed E-state index contributed by atoms with van der Waals surface area (Å²) in [5.74, 6) is 1.05. The third-order valence-corrected chi connectivity index (χ3v) is 10.1. The Hall–Kier alpha value is -1.68. The maximum atomic E-state index is 14.7. The Labute approximate surface area is 197 Å². The van der Waals surface area contributed by atoms with E-state index in [0.29, 0.717) is 12.0 Å². The normalized spacial score (nSPS) is 22.6. The summed E-state index contributed by atoms with van der Waals surface area (Å²) in [5.41, 5.74) is 2.75. The molecule has 32 heavy (non-hydrogen) atoms. The number of hydrogen-bond acceptors (Lipinski definition) is 6. The summed E-state index contributed by atoms with van der Waals surface area (Å²) in [6.07, 6.45) is 6.25. The van der Waals surface area contributed by atoms with Crippen LogP contribution in [0.25, 0.3) is 11.3 Å². The van der Waals surface area contributed by atoms with E-state index in [1.165, 1.54) is 21.4 Å². The van der Waals surface area contributed by atoms with Crippen LogP contribution >= 0.6 is 23.1 Å². The van der Waals surface area contributed by atoms with Crippen LogP contribution in [0, 0.1) is 0 Å². The summed E-state index contributed by atoms with van der Waals surface area (Å²) >= 11 is 3.58. The lowest BCUT2D eigenvalue weighted by molar-refractivity contribution is 0.303. The molecule has 2 unspecified atom stereocenters. The average Bonchev–Trinajstić information content (AvgIpc) is 3.06. The van der Waals surface area contributed by atoms with Crippen molar-refractivity contribution < 1.29 is 12.8 Å². The molecule has 0 amide bonds. The first kappa shape index (κ1) is 23.5. The van der Waals surface area contributed by atoms with Crippen LogP contribution in [0.1, 0.15) is 37.5 Å². The van der Waals surface area contributed by atoms with Crippen LogP contribution in [0.3, 0.4) is 0 Å². The number of aromatic nitrogens is 1. The summed E-state index contributed by atoms with van der Waals surface area (Å²) in [6, 6.07) is 8.40. The molecule has 2 heterocycles. The molecule has 1 aliphatic carbocycles. The molecular formula is C23H28FN3O2S3. The van der Waals surface area contributed by atoms with E-state index in [2.05, 4.69) is 29.6 Å². The number of fused-ring (bicyclic) bond motifs is 3. The minimum Gasteiger partial charge on any atom is -0.361 e. The summed E-state index contributed by atoms with van der Waals surface area (Å²) in [7, 11) is -4.07. The molecule has 2 atom stereocenters. The predicted octanol–water partition coefficient (Wildman–Crippen LogP) is 5.31. The number of unbranched alkanes of at least 4 members (excludes halogenated alkanes) is 2. The number of aryl methyl sites for hydroxylation is 1. The van der Waals surface area contributed by atoms with Gasteiger partial charge in [-0.3, -0.25) is 0 Å². The number of benzene rings is 1. The summed E-state index contributed by atoms with van der Waals surface area (Å²) < 4.78 is 37.6. The van der Waals surface area contributed by atoms with Crippen LogP contribution < -0.4 is 10.5 Å². The highest BCUT2D eigenvalue weighted by Gasteiger charge is 2.50. The van der Waals surface area contributed by atoms with Crippen LogP contribution in [-0.2, 0) is 16.4 Å². The molecule has 1 aromatic carbocycles. The van der Waals surface area contributed by atoms with Gasteiger partial charge in [-0.1, -0.05) is 43.2 Å². The number of nitrogens with zero attached hydrogens (tertiary/aromatic N) is 1. The number of allylic oxidation sites excluding steroid dienone is 3. The van der Waals surface area contributed by atoms with Crippen molar-refractivity contribution in [2.75, 3.05) is 17.6 Å². The lowest BCUT2D eigenvalue weighted by atomic mass is 9.85. The molecule has 9 heteroatoms. The fraction of sp³-hybridized carbons (Fsp3) is 0.435. The molecule has 0 fully saturated rings. The number of nitrogens with one attached hydrogen (secondary N) is 1. The van der Waals surface area contributed by atoms with Gasteiger partial charge in [0.25, 0.3) is 0 Å². The molecule has 3 N–H and O–H groups in total. The van der Waals surface area contributed by atoms with Gasteiger partial charge in [0.05, 0.1) is 5.69 Å². The molecule has 2 aliphatic rings. The van der Waals surface area contributed by atoms with Gasteiger partial charge in [-0.2, -0.15) is 0 Å². The molecule has 0 saturated carbocycles. The van der Waals surface area contributed by atoms with E-state index in [1.807, 2.05) is 11.8 Å². The minimum absolute atomic E-state index is 0.180. The van der Waals surface area contributed by atoms with Crippen molar-refractivity contribution in [2.45, 2.75) is 54.8 Å². The molecular weight excluding hydrogens is 465 g/mol. The fourth-order valence-electron chi connectivity index (χ4n) is 4.40. The lowest BCUT2D eigenvalue weighted by Crippen LogP contribution is -2.52. The van der Waals surface area contributed by atoms with Crippen LogP contribution in [0.5, 0.6) is 0 Å². The standard InChI is InChI=1S/C23H28FN3O2S3/c1-16-8-7-11-20(24)23(16,32(25,28)29)13-5-2-6-14-26-22-27-21-17-9-3-4-10-18(17)30-15-12-19(21)31-22/h3-4,7-11,20H,2,5-6,12-15H2,1H3,(H,26,27)(H2,25,28,29). The highest BCUT2D eigenvalue weighted by molar-refractivity contribution is 7.99. The maximum absolute atomic E-state index is 14.7. The van der Waals surface area contributed by atoms with Crippen molar-refractivity contribution in [3.8, 4) is 11.3 Å². The molecule has 0 saturated heterocycles. The number of sulfonamides is 1. The molecule has 0 radical (unpaired) electrons. The van der Waals surface area contributed by atoms with Crippen molar-refractivity contribution in [3.63, 3.8) is 0 Å². The van der Waals surface area contributed by atoms with E-state index in [1.54, 1.807) is 30.4 Å². The van der Waals surface area contributed by atoms with E-state index in [0.717, 1.165) is 42.4 Å². The molecule has 4 rings (SSSR count). The first-order valence-electron chi connectivity index (χ1n) is 10.8. The number of halogens is 1. The van der Waals surface area contributed by atoms with E-state index in [9.17, 15) is 12.8 Å². The van der Waals surface area contributed by atoms with Crippen molar-refractivity contribution in [1.29, 1.82) is 0 Å². The monoisotopic (exact) mass is 493 g/mol. The zero-order valence-corrected chi connectivity index (χ0v) is 20.5. The smallest absolute Gasteiger partial charge is 0.221 e. The molecule has 0 spiro atoms. The summed E-state index contributed by atoms with van der Waals surface area (Å²) in [4.78, 5) is 7.42. The highest BCUT2D eigenvalue weighted by Crippen LogP contribution is 2.41. The van der Waals surface area contributed by atoms with Gasteiger partial charge in [-0.15, -0.1) is 23.1 Å². The van der Waals surface area contributed by atoms with Gasteiger partial charge in [0.15, 0.2) is 5.13 Å². The number of thiazole rings is 1. The van der Waals surface area contributed by atoms with Gasteiger partial charge in [0, 0.05) is 27.6 Å². The van der Waals surface area contributed by atoms with Gasteiger partial charge < -0.3 is 5.32 Å². The molecule has 172 valence electrons. The molecule has 1 aromatic heterocycles. The van der Waals surface area contributed by atoms with Gasteiger partial charge >= 0.3 is 0 Å². The summed E-state index contributed by atoms with van der Waals surface area (Å²) in [6.45, 7) is 2.38. The maximum Gasteiger partial charge on any atom is 0.221 e. The topological polar surface area (TPSA) is 85.1 Å². The summed E-state index contributed by atoms with van der Waals surface area (Å²) in [5, 5.41) is 9.80. The highest BCUT2D eigenvalue weighted by atomic mass is 32.2. The molecule has 0 bridgehead atoms. The zero-order valence-electron chi connectivity index (χ0n) is 18.0. The largest absolute Gasteiger partial charge is 0.361 e. The third kappa shape index (κ3) is 4.53. The zero-order chi connectivity index (χ0) is 22.8. The van der Waals surface area contributed by atoms with Crippen LogP contribution in [0.15, 0.2) is 53.0 Å². The SMILES string of the molecule is CC1=CC=CC(F)C1(CCCCCNc1nc2c(s1)CCSc1ccccc1-2)S(N)(=O)=O. The van der Waals surface area contributed by atoms with E-state index < -0.39 is 20.9 Å². The van der Waals surface area contributed by atoms with Crippen molar-refractivity contribution >= 4 is 38.3 Å². The van der Waals surface area contributed by atoms with Crippen LogP contribution in [0.2, 0.25) is 0 Å². The Balaban J connectivity index is 1.32. The van der Waals surface area contributed by atoms with E-state index >= 15 is 0 Å². The van der Waals surface area contributed by atoms with Gasteiger partial charge in [-0.25, -0.2) is 22.9 Å². The Morgan fingerprint density at radius 1 is 1.28 bits per heavy atom. The first-order valence-corrected chi connectivity index (χ1v) is 14.2. The van der Waals surface area contributed by atoms with Gasteiger partial charge in [-0.05, 0) is 43.9 Å². The van der Waals surface area contributed by atoms with Crippen LogP contribution in [0.4, 0.5) is 9.52 Å². The average molecular weight is 494 g/mol. The van der Waals surface area contributed by atoms with E-state index in [-0.39, 0.29) is 6.42 Å². The number of primary sulfonamides is 1. The van der Waals surface area contributed by atoms with Crippen molar-refractivity contribution in [1.82, 2.24) is 4.98 Å². The Morgan fingerprint density at radius 2 is 2.09 bits per heavy atom. The Bertz CT molecular complexity index is 1140. The second-order valence-electron chi connectivity index (χ2n) is 8.19. The van der Waals surface area contributed by atoms with Crippen molar-refractivity contribution in [2.24, 2.45) is 5.14 Å². The quantitative estimate of drug-likeness (QED) is 0.487. The molecule has 1 aliphatic heterocycles. The van der Waals surface area contributed by atoms with Crippen molar-refractivity contribution in [3.05, 3.63) is 52.9 Å². The number of alkyl halides is 1. The fourth-order valence-corrected chi connectivity index (χ4v) is 7.89. The second kappa shape index (κ2) is 9.67. The number of hydrogen-bond donors (Lipinski definition) is 2. The number of thioether (sulfide) groups is 1. The second-order valence-corrected chi connectivity index (χ2v) is 12.2. The first-order chi connectivity index (χ1) is 15.3. The van der Waals surface area contributed by atoms with E-state index in [4.69, 9.17) is 10.1 Å². The van der Waals surface area contributed by atoms with Crippen LogP contribution in [-0.4, -0.2) is 36.6 Å². The minimum atomic E-state index is -4.07.